The van der Waals surface area contributed by atoms with Crippen molar-refractivity contribution in [3.8, 4) is 11.5 Å². The molecule has 0 bridgehead atoms. The van der Waals surface area contributed by atoms with E-state index in [-0.39, 0.29) is 18.9 Å². The van der Waals surface area contributed by atoms with E-state index < -0.39 is 12.0 Å². The Kier molecular flexibility index (Phi) is 8.55. The van der Waals surface area contributed by atoms with Crippen LogP contribution in [0.2, 0.25) is 0 Å². The van der Waals surface area contributed by atoms with Crippen molar-refractivity contribution in [2.75, 3.05) is 20.3 Å². The van der Waals surface area contributed by atoms with Crippen molar-refractivity contribution >= 4 is 28.8 Å². The number of carbonyl (C=O) groups is 2. The number of thioether (sulfide) groups is 1. The zero-order valence-electron chi connectivity index (χ0n) is 21.4. The number of carbonyl (C=O) groups excluding carboxylic acids is 2. The van der Waals surface area contributed by atoms with Gasteiger partial charge in [-0.25, -0.2) is 9.79 Å². The predicted octanol–water partition coefficient (Wildman–Crippen LogP) is 4.94. The maximum atomic E-state index is 13.2. The summed E-state index contributed by atoms with van der Waals surface area (Å²) in [7, 11) is 1.59. The summed E-state index contributed by atoms with van der Waals surface area (Å²) >= 11 is 1.43. The molecule has 2 heterocycles. The molecule has 0 aliphatic carbocycles. The van der Waals surface area contributed by atoms with Crippen LogP contribution < -0.4 is 14.8 Å². The van der Waals surface area contributed by atoms with E-state index in [1.165, 1.54) is 11.8 Å². The lowest BCUT2D eigenvalue weighted by atomic mass is 9.93. The van der Waals surface area contributed by atoms with Crippen LogP contribution in [0.25, 0.3) is 0 Å². The summed E-state index contributed by atoms with van der Waals surface area (Å²) in [6.07, 6.45) is 0.168. The van der Waals surface area contributed by atoms with Crippen molar-refractivity contribution in [3.05, 3.63) is 82.0 Å². The van der Waals surface area contributed by atoms with Crippen LogP contribution in [0, 0.1) is 0 Å². The van der Waals surface area contributed by atoms with Crippen molar-refractivity contribution in [2.45, 2.75) is 39.8 Å². The van der Waals surface area contributed by atoms with E-state index in [0.29, 0.717) is 41.1 Å². The second-order valence-electron chi connectivity index (χ2n) is 8.43. The number of ether oxygens (including phenoxy) is 3. The van der Waals surface area contributed by atoms with Gasteiger partial charge in [-0.2, -0.15) is 0 Å². The average molecular weight is 522 g/mol. The molecular weight excluding hydrogens is 490 g/mol. The molecule has 2 aromatic carbocycles. The number of methoxy groups -OCH3 is 1. The molecule has 8 nitrogen and oxygen atoms in total. The third-order valence-corrected chi connectivity index (χ3v) is 6.84. The number of fused-ring (bicyclic) bond motifs is 1. The quantitative estimate of drug-likeness (QED) is 0.443. The fourth-order valence-electron chi connectivity index (χ4n) is 4.29. The average Bonchev–Trinajstić information content (AvgIpc) is 3.29. The molecule has 0 saturated carbocycles. The first-order chi connectivity index (χ1) is 18.0. The number of esters is 1. The first kappa shape index (κ1) is 26.3. The molecule has 37 heavy (non-hydrogen) atoms. The normalized spacial score (nSPS) is 16.5. The Morgan fingerprint density at radius 1 is 1.11 bits per heavy atom. The number of amides is 1. The molecule has 1 amide bonds. The van der Waals surface area contributed by atoms with Crippen LogP contribution in [0.3, 0.4) is 0 Å². The highest BCUT2D eigenvalue weighted by Gasteiger charge is 2.41. The Morgan fingerprint density at radius 3 is 2.59 bits per heavy atom. The molecule has 1 atom stereocenters. The lowest BCUT2D eigenvalue weighted by Gasteiger charge is -2.36. The topological polar surface area (TPSA) is 89.5 Å². The highest BCUT2D eigenvalue weighted by Crippen LogP contribution is 2.46. The van der Waals surface area contributed by atoms with Crippen LogP contribution >= 0.6 is 11.8 Å². The van der Waals surface area contributed by atoms with Crippen LogP contribution in [-0.4, -0.2) is 42.2 Å². The number of allylic oxidation sites excluding steroid dienone is 1. The molecule has 0 radical (unpaired) electrons. The smallest absolute Gasteiger partial charge is 0.338 e. The molecular formula is C28H31N3O5S. The van der Waals surface area contributed by atoms with Gasteiger partial charge in [-0.1, -0.05) is 48.2 Å². The van der Waals surface area contributed by atoms with Crippen molar-refractivity contribution in [3.63, 3.8) is 0 Å². The van der Waals surface area contributed by atoms with Crippen LogP contribution in [0.1, 0.15) is 44.4 Å². The highest BCUT2D eigenvalue weighted by molar-refractivity contribution is 8.16. The minimum atomic E-state index is -0.542. The second-order valence-corrected chi connectivity index (χ2v) is 9.26. The van der Waals surface area contributed by atoms with Gasteiger partial charge in [0, 0.05) is 12.2 Å². The fraction of sp³-hybridized carbons (Fsp3) is 0.321. The second kappa shape index (κ2) is 12.0. The van der Waals surface area contributed by atoms with Gasteiger partial charge in [0.25, 0.3) is 0 Å². The molecule has 4 rings (SSSR count). The zero-order chi connectivity index (χ0) is 26.4. The molecule has 0 saturated heterocycles. The largest absolute Gasteiger partial charge is 0.493 e. The molecule has 0 fully saturated rings. The minimum absolute atomic E-state index is 0.0967. The molecule has 1 N–H and O–H groups in total. The Morgan fingerprint density at radius 2 is 1.89 bits per heavy atom. The molecule has 2 aliphatic rings. The minimum Gasteiger partial charge on any atom is -0.493 e. The van der Waals surface area contributed by atoms with Crippen LogP contribution in [0.15, 0.2) is 75.9 Å². The van der Waals surface area contributed by atoms with Crippen molar-refractivity contribution in [1.82, 2.24) is 10.2 Å². The third kappa shape index (κ3) is 5.83. The van der Waals surface area contributed by atoms with Gasteiger partial charge in [0.15, 0.2) is 16.7 Å². The summed E-state index contributed by atoms with van der Waals surface area (Å²) in [6, 6.07) is 15.0. The standard InChI is InChI=1S/C28H31N3O5S/c1-5-29-24(32)15-21-17-37-28-30-18(3)25(27(33)35-6-2)26(31(21)28)20-12-13-22(23(14-20)34-4)36-16-19-10-8-7-9-11-19/h7-14,17,26H,5-6,15-16H2,1-4H3,(H,29,32). The number of aliphatic imine (C=N–C) groups is 1. The lowest BCUT2D eigenvalue weighted by Crippen LogP contribution is -2.38. The van der Waals surface area contributed by atoms with E-state index in [9.17, 15) is 9.59 Å². The molecule has 1 unspecified atom stereocenters. The summed E-state index contributed by atoms with van der Waals surface area (Å²) in [5.41, 5.74) is 3.60. The van der Waals surface area contributed by atoms with E-state index in [2.05, 4.69) is 10.3 Å². The maximum Gasteiger partial charge on any atom is 0.338 e. The molecule has 2 aliphatic heterocycles. The van der Waals surface area contributed by atoms with Gasteiger partial charge in [-0.15, -0.1) is 0 Å². The summed E-state index contributed by atoms with van der Waals surface area (Å²) in [4.78, 5) is 32.2. The number of hydrogen-bond acceptors (Lipinski definition) is 8. The SMILES string of the molecule is CCNC(=O)CC1=CSC2=NC(C)=C(C(=O)OCC)C(c3ccc(OCc4ccccc4)c(OC)c3)N12. The first-order valence-electron chi connectivity index (χ1n) is 12.2. The summed E-state index contributed by atoms with van der Waals surface area (Å²) in [6.45, 7) is 6.63. The van der Waals surface area contributed by atoms with Gasteiger partial charge >= 0.3 is 5.97 Å². The van der Waals surface area contributed by atoms with E-state index in [1.54, 1.807) is 21.0 Å². The number of nitrogens with zero attached hydrogens (tertiary/aromatic N) is 2. The van der Waals surface area contributed by atoms with E-state index in [4.69, 9.17) is 14.2 Å². The Bertz CT molecular complexity index is 1260. The Labute approximate surface area is 221 Å². The molecule has 2 aromatic rings. The van der Waals surface area contributed by atoms with Crippen molar-refractivity contribution in [2.24, 2.45) is 4.99 Å². The monoisotopic (exact) mass is 521 g/mol. The number of benzene rings is 2. The van der Waals surface area contributed by atoms with Gasteiger partial charge in [0.2, 0.25) is 5.91 Å². The van der Waals surface area contributed by atoms with Gasteiger partial charge in [-0.05, 0) is 49.4 Å². The number of rotatable bonds is 10. The van der Waals surface area contributed by atoms with Gasteiger partial charge < -0.3 is 24.4 Å². The summed E-state index contributed by atoms with van der Waals surface area (Å²) in [5.74, 6) is 0.595. The molecule has 0 aromatic heterocycles. The molecule has 0 spiro atoms. The Balaban J connectivity index is 1.71. The van der Waals surface area contributed by atoms with Gasteiger partial charge in [-0.3, -0.25) is 4.79 Å². The molecule has 194 valence electrons. The first-order valence-corrected chi connectivity index (χ1v) is 13.1. The fourth-order valence-corrected chi connectivity index (χ4v) is 5.25. The zero-order valence-corrected chi connectivity index (χ0v) is 22.3. The summed E-state index contributed by atoms with van der Waals surface area (Å²) < 4.78 is 17.1. The number of hydrogen-bond donors (Lipinski definition) is 1. The Hall–Kier alpha value is -3.72. The summed E-state index contributed by atoms with van der Waals surface area (Å²) in [5, 5.41) is 5.46. The van der Waals surface area contributed by atoms with Crippen molar-refractivity contribution in [1.29, 1.82) is 0 Å². The predicted molar refractivity (Wildman–Crippen MR) is 144 cm³/mol. The van der Waals surface area contributed by atoms with Crippen LogP contribution in [0.5, 0.6) is 11.5 Å². The van der Waals surface area contributed by atoms with E-state index in [1.807, 2.05) is 65.8 Å². The van der Waals surface area contributed by atoms with E-state index >= 15 is 0 Å². The van der Waals surface area contributed by atoms with Crippen LogP contribution in [0.4, 0.5) is 0 Å². The maximum absolute atomic E-state index is 13.2. The van der Waals surface area contributed by atoms with Gasteiger partial charge in [0.05, 0.1) is 37.4 Å². The van der Waals surface area contributed by atoms with E-state index in [0.717, 1.165) is 16.8 Å². The molecule has 9 heteroatoms. The number of nitrogens with one attached hydrogen (secondary N) is 1. The highest BCUT2D eigenvalue weighted by atomic mass is 32.2. The van der Waals surface area contributed by atoms with Crippen LogP contribution in [-0.2, 0) is 20.9 Å². The van der Waals surface area contributed by atoms with Gasteiger partial charge in [0.1, 0.15) is 6.61 Å². The lowest BCUT2D eigenvalue weighted by molar-refractivity contribution is -0.139. The van der Waals surface area contributed by atoms with Crippen molar-refractivity contribution < 1.29 is 23.8 Å². The third-order valence-electron chi connectivity index (χ3n) is 5.95. The number of amidine groups is 1.